The van der Waals surface area contributed by atoms with Crippen LogP contribution in [0.25, 0.3) is 0 Å². The number of aryl methyl sites for hydroxylation is 1. The predicted molar refractivity (Wildman–Crippen MR) is 76.7 cm³/mol. The van der Waals surface area contributed by atoms with E-state index >= 15 is 0 Å². The van der Waals surface area contributed by atoms with Crippen LogP contribution in [0.3, 0.4) is 0 Å². The van der Waals surface area contributed by atoms with Gasteiger partial charge in [-0.05, 0) is 75.2 Å². The molecule has 1 aromatic carbocycles. The number of rotatable bonds is 3. The summed E-state index contributed by atoms with van der Waals surface area (Å²) in [5.41, 5.74) is 1.29. The lowest BCUT2D eigenvalue weighted by Crippen LogP contribution is -2.47. The van der Waals surface area contributed by atoms with Gasteiger partial charge >= 0.3 is 0 Å². The first-order valence-corrected chi connectivity index (χ1v) is 7.81. The molecule has 0 spiro atoms. The van der Waals surface area contributed by atoms with E-state index in [1.54, 1.807) is 12.1 Å². The van der Waals surface area contributed by atoms with E-state index in [-0.39, 0.29) is 5.82 Å². The zero-order valence-electron chi connectivity index (χ0n) is 11.7. The first kappa shape index (κ1) is 13.1. The van der Waals surface area contributed by atoms with Crippen LogP contribution in [0.2, 0.25) is 0 Å². The SMILES string of the molecule is Fc1ccc(CC[C@H]2CCCN3CCCC[C@H]23)cc1. The van der Waals surface area contributed by atoms with Crippen molar-refractivity contribution in [2.24, 2.45) is 5.92 Å². The van der Waals surface area contributed by atoms with Crippen molar-refractivity contribution < 1.29 is 4.39 Å². The number of piperidine rings is 2. The first-order chi connectivity index (χ1) is 9.33. The third-order valence-corrected chi connectivity index (χ3v) is 4.95. The molecule has 2 heteroatoms. The fourth-order valence-corrected chi connectivity index (χ4v) is 3.92. The van der Waals surface area contributed by atoms with E-state index in [1.165, 1.54) is 57.2 Å². The van der Waals surface area contributed by atoms with Gasteiger partial charge in [0, 0.05) is 6.04 Å². The fourth-order valence-electron chi connectivity index (χ4n) is 3.92. The summed E-state index contributed by atoms with van der Waals surface area (Å²) in [7, 11) is 0. The topological polar surface area (TPSA) is 3.24 Å². The van der Waals surface area contributed by atoms with Crippen molar-refractivity contribution in [3.8, 4) is 0 Å². The van der Waals surface area contributed by atoms with Crippen molar-refractivity contribution in [2.45, 2.75) is 51.0 Å². The fraction of sp³-hybridized carbons (Fsp3) is 0.647. The molecule has 0 bridgehead atoms. The van der Waals surface area contributed by atoms with Crippen LogP contribution in [0.15, 0.2) is 24.3 Å². The Morgan fingerprint density at radius 2 is 1.79 bits per heavy atom. The lowest BCUT2D eigenvalue weighted by Gasteiger charge is -2.44. The van der Waals surface area contributed by atoms with Crippen molar-refractivity contribution in [1.29, 1.82) is 0 Å². The Hall–Kier alpha value is -0.890. The molecular formula is C17H24FN. The minimum absolute atomic E-state index is 0.125. The Labute approximate surface area is 115 Å². The van der Waals surface area contributed by atoms with E-state index in [0.29, 0.717) is 0 Å². The number of hydrogen-bond donors (Lipinski definition) is 0. The molecule has 0 amide bonds. The van der Waals surface area contributed by atoms with Crippen LogP contribution >= 0.6 is 0 Å². The zero-order valence-corrected chi connectivity index (χ0v) is 11.7. The highest BCUT2D eigenvalue weighted by atomic mass is 19.1. The van der Waals surface area contributed by atoms with Crippen LogP contribution in [0.5, 0.6) is 0 Å². The molecule has 2 aliphatic heterocycles. The Morgan fingerprint density at radius 3 is 2.63 bits per heavy atom. The predicted octanol–water partition coefficient (Wildman–Crippen LogP) is 4.02. The summed E-state index contributed by atoms with van der Waals surface area (Å²) in [5.74, 6) is 0.735. The molecule has 0 N–H and O–H groups in total. The smallest absolute Gasteiger partial charge is 0.123 e. The van der Waals surface area contributed by atoms with E-state index in [9.17, 15) is 4.39 Å². The van der Waals surface area contributed by atoms with Gasteiger partial charge in [-0.15, -0.1) is 0 Å². The molecule has 19 heavy (non-hydrogen) atoms. The average Bonchev–Trinajstić information content (AvgIpc) is 2.47. The quantitative estimate of drug-likeness (QED) is 0.794. The van der Waals surface area contributed by atoms with Gasteiger partial charge in [0.1, 0.15) is 5.82 Å². The van der Waals surface area contributed by atoms with Crippen LogP contribution in [0, 0.1) is 11.7 Å². The Morgan fingerprint density at radius 1 is 1.00 bits per heavy atom. The van der Waals surface area contributed by atoms with Crippen LogP contribution in [-0.2, 0) is 6.42 Å². The summed E-state index contributed by atoms with van der Waals surface area (Å²) in [6.07, 6.45) is 9.33. The molecule has 1 aromatic rings. The molecule has 0 aliphatic carbocycles. The highest BCUT2D eigenvalue weighted by molar-refractivity contribution is 5.16. The number of fused-ring (bicyclic) bond motifs is 1. The summed E-state index contributed by atoms with van der Waals surface area (Å²) in [6.45, 7) is 2.63. The standard InChI is InChI=1S/C17H24FN/c18-16-10-7-14(8-11-16)6-9-15-4-3-13-19-12-2-1-5-17(15)19/h7-8,10-11,15,17H,1-6,9,12-13H2/t15-,17-/m1/s1. The highest BCUT2D eigenvalue weighted by Crippen LogP contribution is 2.33. The summed E-state index contributed by atoms with van der Waals surface area (Å²) in [4.78, 5) is 2.72. The lowest BCUT2D eigenvalue weighted by molar-refractivity contribution is 0.0560. The van der Waals surface area contributed by atoms with Crippen molar-refractivity contribution in [3.05, 3.63) is 35.6 Å². The molecule has 2 aliphatic rings. The van der Waals surface area contributed by atoms with Crippen molar-refractivity contribution in [2.75, 3.05) is 13.1 Å². The molecular weight excluding hydrogens is 237 g/mol. The third kappa shape index (κ3) is 3.17. The monoisotopic (exact) mass is 261 g/mol. The molecule has 0 saturated carbocycles. The van der Waals surface area contributed by atoms with Crippen LogP contribution < -0.4 is 0 Å². The summed E-state index contributed by atoms with van der Waals surface area (Å²) in [5, 5.41) is 0. The molecule has 2 fully saturated rings. The maximum absolute atomic E-state index is 12.9. The molecule has 2 heterocycles. The van der Waals surface area contributed by atoms with Crippen LogP contribution in [-0.4, -0.2) is 24.0 Å². The number of hydrogen-bond acceptors (Lipinski definition) is 1. The highest BCUT2D eigenvalue weighted by Gasteiger charge is 2.32. The number of halogens is 1. The Kier molecular flexibility index (Phi) is 4.17. The van der Waals surface area contributed by atoms with Gasteiger partial charge in [0.2, 0.25) is 0 Å². The molecule has 0 unspecified atom stereocenters. The van der Waals surface area contributed by atoms with Gasteiger partial charge in [-0.3, -0.25) is 0 Å². The first-order valence-electron chi connectivity index (χ1n) is 7.81. The number of nitrogens with zero attached hydrogens (tertiary/aromatic N) is 1. The van der Waals surface area contributed by atoms with E-state index in [0.717, 1.165) is 18.4 Å². The van der Waals surface area contributed by atoms with Crippen LogP contribution in [0.1, 0.15) is 44.1 Å². The second-order valence-electron chi connectivity index (χ2n) is 6.17. The van der Waals surface area contributed by atoms with Gasteiger partial charge in [0.15, 0.2) is 0 Å². The van der Waals surface area contributed by atoms with E-state index in [1.807, 2.05) is 12.1 Å². The minimum atomic E-state index is -0.125. The second kappa shape index (κ2) is 6.04. The lowest BCUT2D eigenvalue weighted by atomic mass is 9.80. The van der Waals surface area contributed by atoms with Gasteiger partial charge in [0.25, 0.3) is 0 Å². The normalized spacial score (nSPS) is 28.1. The molecule has 2 atom stereocenters. The molecule has 104 valence electrons. The van der Waals surface area contributed by atoms with Gasteiger partial charge in [-0.25, -0.2) is 4.39 Å². The average molecular weight is 261 g/mol. The molecule has 1 nitrogen and oxygen atoms in total. The van der Waals surface area contributed by atoms with Crippen LogP contribution in [0.4, 0.5) is 4.39 Å². The van der Waals surface area contributed by atoms with Crippen molar-refractivity contribution in [3.63, 3.8) is 0 Å². The van der Waals surface area contributed by atoms with Gasteiger partial charge in [-0.1, -0.05) is 18.6 Å². The van der Waals surface area contributed by atoms with E-state index < -0.39 is 0 Å². The summed E-state index contributed by atoms with van der Waals surface area (Å²) in [6, 6.07) is 7.89. The molecule has 0 radical (unpaired) electrons. The minimum Gasteiger partial charge on any atom is -0.300 e. The maximum atomic E-state index is 12.9. The van der Waals surface area contributed by atoms with Gasteiger partial charge < -0.3 is 4.90 Å². The largest absolute Gasteiger partial charge is 0.300 e. The second-order valence-corrected chi connectivity index (χ2v) is 6.17. The van der Waals surface area contributed by atoms with Crippen molar-refractivity contribution in [1.82, 2.24) is 4.90 Å². The van der Waals surface area contributed by atoms with Gasteiger partial charge in [0.05, 0.1) is 0 Å². The molecule has 2 saturated heterocycles. The van der Waals surface area contributed by atoms with E-state index in [4.69, 9.17) is 0 Å². The Bertz CT molecular complexity index is 398. The maximum Gasteiger partial charge on any atom is 0.123 e. The third-order valence-electron chi connectivity index (χ3n) is 4.95. The zero-order chi connectivity index (χ0) is 13.1. The molecule has 3 rings (SSSR count). The van der Waals surface area contributed by atoms with Crippen molar-refractivity contribution >= 4 is 0 Å². The van der Waals surface area contributed by atoms with Gasteiger partial charge in [-0.2, -0.15) is 0 Å². The summed E-state index contributed by atoms with van der Waals surface area (Å²) >= 11 is 0. The Balaban J connectivity index is 1.57. The van der Waals surface area contributed by atoms with E-state index in [2.05, 4.69) is 4.90 Å². The summed E-state index contributed by atoms with van der Waals surface area (Å²) < 4.78 is 12.9. The molecule has 0 aromatic heterocycles. The number of benzene rings is 1.